The van der Waals surface area contributed by atoms with Gasteiger partial charge in [-0.05, 0) is 25.5 Å². The lowest BCUT2D eigenvalue weighted by Crippen LogP contribution is -2.32. The first-order chi connectivity index (χ1) is 8.17. The largest absolute Gasteiger partial charge is 0.350 e. The van der Waals surface area contributed by atoms with Crippen molar-refractivity contribution in [3.63, 3.8) is 0 Å². The summed E-state index contributed by atoms with van der Waals surface area (Å²) in [6.45, 7) is 4.11. The Morgan fingerprint density at radius 3 is 3.06 bits per heavy atom. The number of amides is 1. The molecule has 4 heteroatoms. The Hall–Kier alpha value is -1.89. The van der Waals surface area contributed by atoms with Crippen LogP contribution in [0.4, 0.5) is 0 Å². The van der Waals surface area contributed by atoms with Crippen LogP contribution in [0.1, 0.15) is 49.2 Å². The molecule has 17 heavy (non-hydrogen) atoms. The molecule has 0 saturated heterocycles. The minimum absolute atomic E-state index is 0.146. The number of nitriles is 1. The highest BCUT2D eigenvalue weighted by Gasteiger charge is 2.10. The summed E-state index contributed by atoms with van der Waals surface area (Å²) < 4.78 is 0. The van der Waals surface area contributed by atoms with E-state index in [4.69, 9.17) is 5.26 Å². The summed E-state index contributed by atoms with van der Waals surface area (Å²) in [5, 5.41) is 11.6. The van der Waals surface area contributed by atoms with E-state index in [9.17, 15) is 4.79 Å². The molecule has 90 valence electrons. The standard InChI is InChI=1S/C13H17N3O/c1-3-4-5-10(2)16-13(17)11-6-7-15-12(8-11)9-14/h6-8,10H,3-5H2,1-2H3,(H,16,17). The van der Waals surface area contributed by atoms with Gasteiger partial charge in [-0.2, -0.15) is 5.26 Å². The zero-order valence-electron chi connectivity index (χ0n) is 10.2. The Morgan fingerprint density at radius 2 is 2.41 bits per heavy atom. The van der Waals surface area contributed by atoms with Gasteiger partial charge in [0.15, 0.2) is 0 Å². The fourth-order valence-electron chi connectivity index (χ4n) is 1.52. The van der Waals surface area contributed by atoms with Crippen LogP contribution in [0.5, 0.6) is 0 Å². The topological polar surface area (TPSA) is 65.8 Å². The number of hydrogen-bond acceptors (Lipinski definition) is 3. The van der Waals surface area contributed by atoms with E-state index in [0.717, 1.165) is 19.3 Å². The predicted octanol–water partition coefficient (Wildman–Crippen LogP) is 2.26. The van der Waals surface area contributed by atoms with Crippen LogP contribution in [0.3, 0.4) is 0 Å². The van der Waals surface area contributed by atoms with Gasteiger partial charge < -0.3 is 5.32 Å². The van der Waals surface area contributed by atoms with Gasteiger partial charge in [0.2, 0.25) is 0 Å². The zero-order chi connectivity index (χ0) is 12.7. The van der Waals surface area contributed by atoms with Crippen LogP contribution in [0.2, 0.25) is 0 Å². The number of rotatable bonds is 5. The number of hydrogen-bond donors (Lipinski definition) is 1. The Labute approximate surface area is 102 Å². The molecule has 0 radical (unpaired) electrons. The van der Waals surface area contributed by atoms with Gasteiger partial charge in [-0.1, -0.05) is 19.8 Å². The summed E-state index contributed by atoms with van der Waals surface area (Å²) >= 11 is 0. The van der Waals surface area contributed by atoms with Crippen LogP contribution in [-0.4, -0.2) is 16.9 Å². The fraction of sp³-hybridized carbons (Fsp3) is 0.462. The molecular weight excluding hydrogens is 214 g/mol. The number of nitrogens with zero attached hydrogens (tertiary/aromatic N) is 2. The number of pyridine rings is 1. The van der Waals surface area contributed by atoms with E-state index < -0.39 is 0 Å². The van der Waals surface area contributed by atoms with Crippen molar-refractivity contribution in [3.05, 3.63) is 29.6 Å². The minimum Gasteiger partial charge on any atom is -0.350 e. The van der Waals surface area contributed by atoms with Crippen LogP contribution in [0.15, 0.2) is 18.3 Å². The molecule has 1 N–H and O–H groups in total. The van der Waals surface area contributed by atoms with Crippen LogP contribution in [-0.2, 0) is 0 Å². The Kier molecular flexibility index (Phi) is 5.15. The molecule has 4 nitrogen and oxygen atoms in total. The van der Waals surface area contributed by atoms with E-state index in [-0.39, 0.29) is 17.6 Å². The third-order valence-electron chi connectivity index (χ3n) is 2.50. The molecule has 0 fully saturated rings. The van der Waals surface area contributed by atoms with Crippen LogP contribution < -0.4 is 5.32 Å². The maximum atomic E-state index is 11.8. The average Bonchev–Trinajstić information content (AvgIpc) is 2.36. The zero-order valence-corrected chi connectivity index (χ0v) is 10.2. The number of aromatic nitrogens is 1. The molecule has 1 atom stereocenters. The maximum absolute atomic E-state index is 11.8. The van der Waals surface area contributed by atoms with Crippen molar-refractivity contribution in [2.24, 2.45) is 0 Å². The van der Waals surface area contributed by atoms with E-state index in [0.29, 0.717) is 5.56 Å². The van der Waals surface area contributed by atoms with Crippen molar-refractivity contribution in [3.8, 4) is 6.07 Å². The molecule has 1 aromatic rings. The summed E-state index contributed by atoms with van der Waals surface area (Å²) in [5.41, 5.74) is 0.749. The SMILES string of the molecule is CCCCC(C)NC(=O)c1ccnc(C#N)c1. The van der Waals surface area contributed by atoms with Crippen molar-refractivity contribution >= 4 is 5.91 Å². The monoisotopic (exact) mass is 231 g/mol. The summed E-state index contributed by atoms with van der Waals surface area (Å²) in [6, 6.07) is 5.19. The molecule has 1 rings (SSSR count). The molecule has 0 saturated carbocycles. The molecule has 0 aliphatic rings. The smallest absolute Gasteiger partial charge is 0.251 e. The highest BCUT2D eigenvalue weighted by atomic mass is 16.1. The summed E-state index contributed by atoms with van der Waals surface area (Å²) in [5.74, 6) is -0.146. The molecule has 0 aliphatic carbocycles. The van der Waals surface area contributed by atoms with Crippen molar-refractivity contribution in [2.75, 3.05) is 0 Å². The van der Waals surface area contributed by atoms with Crippen LogP contribution >= 0.6 is 0 Å². The van der Waals surface area contributed by atoms with Crippen molar-refractivity contribution in [2.45, 2.75) is 39.2 Å². The van der Waals surface area contributed by atoms with Gasteiger partial charge in [0.05, 0.1) is 0 Å². The first kappa shape index (κ1) is 13.2. The molecule has 1 aromatic heterocycles. The van der Waals surface area contributed by atoms with Gasteiger partial charge in [0, 0.05) is 17.8 Å². The van der Waals surface area contributed by atoms with Crippen molar-refractivity contribution in [1.29, 1.82) is 5.26 Å². The van der Waals surface area contributed by atoms with Gasteiger partial charge in [0.25, 0.3) is 5.91 Å². The average molecular weight is 231 g/mol. The van der Waals surface area contributed by atoms with Gasteiger partial charge in [-0.15, -0.1) is 0 Å². The summed E-state index contributed by atoms with van der Waals surface area (Å²) in [7, 11) is 0. The second kappa shape index (κ2) is 6.64. The van der Waals surface area contributed by atoms with Crippen molar-refractivity contribution in [1.82, 2.24) is 10.3 Å². The highest BCUT2D eigenvalue weighted by Crippen LogP contribution is 2.04. The first-order valence-electron chi connectivity index (χ1n) is 5.84. The summed E-state index contributed by atoms with van der Waals surface area (Å²) in [6.07, 6.45) is 4.66. The lowest BCUT2D eigenvalue weighted by molar-refractivity contribution is 0.0938. The van der Waals surface area contributed by atoms with E-state index in [1.54, 1.807) is 6.07 Å². The van der Waals surface area contributed by atoms with E-state index >= 15 is 0 Å². The van der Waals surface area contributed by atoms with Gasteiger partial charge in [-0.3, -0.25) is 4.79 Å². The second-order valence-electron chi connectivity index (χ2n) is 4.06. The number of unbranched alkanes of at least 4 members (excludes halogenated alkanes) is 1. The molecule has 0 aromatic carbocycles. The maximum Gasteiger partial charge on any atom is 0.251 e. The summed E-state index contributed by atoms with van der Waals surface area (Å²) in [4.78, 5) is 15.7. The molecular formula is C13H17N3O. The minimum atomic E-state index is -0.146. The second-order valence-corrected chi connectivity index (χ2v) is 4.06. The Balaban J connectivity index is 2.60. The highest BCUT2D eigenvalue weighted by molar-refractivity contribution is 5.94. The number of nitrogens with one attached hydrogen (secondary N) is 1. The Bertz CT molecular complexity index is 423. The quantitative estimate of drug-likeness (QED) is 0.845. The third kappa shape index (κ3) is 4.23. The molecule has 0 bridgehead atoms. The molecule has 1 amide bonds. The predicted molar refractivity (Wildman–Crippen MR) is 65.4 cm³/mol. The molecule has 0 spiro atoms. The van der Waals surface area contributed by atoms with E-state index in [2.05, 4.69) is 17.2 Å². The molecule has 0 aliphatic heterocycles. The lowest BCUT2D eigenvalue weighted by atomic mass is 10.1. The van der Waals surface area contributed by atoms with E-state index in [1.807, 2.05) is 13.0 Å². The third-order valence-corrected chi connectivity index (χ3v) is 2.50. The molecule has 1 heterocycles. The number of carbonyl (C=O) groups excluding carboxylic acids is 1. The normalized spacial score (nSPS) is 11.6. The van der Waals surface area contributed by atoms with Crippen LogP contribution in [0, 0.1) is 11.3 Å². The lowest BCUT2D eigenvalue weighted by Gasteiger charge is -2.13. The molecule has 1 unspecified atom stereocenters. The van der Waals surface area contributed by atoms with Gasteiger partial charge in [-0.25, -0.2) is 4.98 Å². The van der Waals surface area contributed by atoms with Gasteiger partial charge in [0.1, 0.15) is 11.8 Å². The first-order valence-corrected chi connectivity index (χ1v) is 5.84. The fourth-order valence-corrected chi connectivity index (χ4v) is 1.52. The van der Waals surface area contributed by atoms with Crippen LogP contribution in [0.25, 0.3) is 0 Å². The number of carbonyl (C=O) groups is 1. The van der Waals surface area contributed by atoms with Crippen molar-refractivity contribution < 1.29 is 4.79 Å². The Morgan fingerprint density at radius 1 is 1.65 bits per heavy atom. The van der Waals surface area contributed by atoms with Gasteiger partial charge >= 0.3 is 0 Å². The van der Waals surface area contributed by atoms with E-state index in [1.165, 1.54) is 12.3 Å².